The molecule has 0 aliphatic heterocycles. The first-order valence-corrected chi connectivity index (χ1v) is 5.61. The lowest BCUT2D eigenvalue weighted by molar-refractivity contribution is 0.0943. The van der Waals surface area contributed by atoms with Crippen LogP contribution >= 0.6 is 0 Å². The minimum atomic E-state index is -0.346. The molecular weight excluding hydrogens is 217 g/mol. The molecule has 0 aliphatic carbocycles. The van der Waals surface area contributed by atoms with E-state index in [1.54, 1.807) is 6.92 Å². The topological polar surface area (TPSA) is 29.1 Å². The molecule has 3 heteroatoms. The summed E-state index contributed by atoms with van der Waals surface area (Å²) < 4.78 is 12.9. The Hall–Kier alpha value is -1.82. The Morgan fingerprint density at radius 3 is 2.82 bits per heavy atom. The van der Waals surface area contributed by atoms with Crippen LogP contribution in [0.3, 0.4) is 0 Å². The van der Waals surface area contributed by atoms with E-state index in [4.69, 9.17) is 6.42 Å². The van der Waals surface area contributed by atoms with Crippen LogP contribution in [0.5, 0.6) is 0 Å². The van der Waals surface area contributed by atoms with E-state index in [1.165, 1.54) is 18.2 Å². The fourth-order valence-corrected chi connectivity index (χ4v) is 1.60. The van der Waals surface area contributed by atoms with Gasteiger partial charge in [0.1, 0.15) is 5.82 Å². The van der Waals surface area contributed by atoms with Gasteiger partial charge in [-0.3, -0.25) is 4.79 Å². The zero-order valence-electron chi connectivity index (χ0n) is 10.1. The van der Waals surface area contributed by atoms with Gasteiger partial charge in [-0.05, 0) is 37.1 Å². The van der Waals surface area contributed by atoms with Gasteiger partial charge in [-0.15, -0.1) is 6.42 Å². The maximum Gasteiger partial charge on any atom is 0.252 e. The quantitative estimate of drug-likeness (QED) is 0.796. The van der Waals surface area contributed by atoms with E-state index >= 15 is 0 Å². The molecule has 2 nitrogen and oxygen atoms in total. The summed E-state index contributed by atoms with van der Waals surface area (Å²) in [6.45, 7) is 3.70. The van der Waals surface area contributed by atoms with E-state index in [1.807, 2.05) is 6.92 Å². The number of halogens is 1. The van der Waals surface area contributed by atoms with Crippen molar-refractivity contribution in [3.63, 3.8) is 0 Å². The Morgan fingerprint density at radius 2 is 2.29 bits per heavy atom. The van der Waals surface area contributed by atoms with Crippen LogP contribution in [0.2, 0.25) is 0 Å². The fraction of sp³-hybridized carbons (Fsp3) is 0.357. The summed E-state index contributed by atoms with van der Waals surface area (Å²) >= 11 is 0. The maximum atomic E-state index is 12.9. The number of aryl methyl sites for hydroxylation is 1. The summed E-state index contributed by atoms with van der Waals surface area (Å²) in [6, 6.07) is 3.81. The lowest BCUT2D eigenvalue weighted by Crippen LogP contribution is -2.34. The van der Waals surface area contributed by atoms with Crippen LogP contribution in [-0.2, 0) is 0 Å². The smallest absolute Gasteiger partial charge is 0.252 e. The Bertz CT molecular complexity index is 448. The van der Waals surface area contributed by atoms with Gasteiger partial charge in [-0.25, -0.2) is 4.39 Å². The van der Waals surface area contributed by atoms with Crippen molar-refractivity contribution < 1.29 is 9.18 Å². The van der Waals surface area contributed by atoms with Crippen LogP contribution < -0.4 is 5.32 Å². The van der Waals surface area contributed by atoms with E-state index in [0.717, 1.165) is 12.8 Å². The van der Waals surface area contributed by atoms with Gasteiger partial charge >= 0.3 is 0 Å². The predicted molar refractivity (Wildman–Crippen MR) is 66.1 cm³/mol. The maximum absolute atomic E-state index is 12.9. The van der Waals surface area contributed by atoms with Gasteiger partial charge in [-0.1, -0.05) is 19.3 Å². The van der Waals surface area contributed by atoms with Gasteiger partial charge in [0.15, 0.2) is 0 Å². The van der Waals surface area contributed by atoms with Crippen LogP contribution in [-0.4, -0.2) is 11.9 Å². The van der Waals surface area contributed by atoms with Gasteiger partial charge in [-0.2, -0.15) is 0 Å². The number of rotatable bonds is 4. The average molecular weight is 233 g/mol. The number of terminal acetylenes is 1. The summed E-state index contributed by atoms with van der Waals surface area (Å²) in [4.78, 5) is 11.9. The van der Waals surface area contributed by atoms with E-state index in [0.29, 0.717) is 11.1 Å². The van der Waals surface area contributed by atoms with Gasteiger partial charge in [0.2, 0.25) is 0 Å². The van der Waals surface area contributed by atoms with Crippen molar-refractivity contribution in [1.29, 1.82) is 0 Å². The molecule has 1 aromatic carbocycles. The second-order valence-corrected chi connectivity index (χ2v) is 3.94. The molecule has 90 valence electrons. The second-order valence-electron chi connectivity index (χ2n) is 3.94. The van der Waals surface area contributed by atoms with Crippen LogP contribution in [0, 0.1) is 25.1 Å². The SMILES string of the molecule is C#CC(CCC)NC(=O)c1ccc(F)cc1C. The van der Waals surface area contributed by atoms with Crippen molar-refractivity contribution in [3.8, 4) is 12.3 Å². The van der Waals surface area contributed by atoms with Crippen molar-refractivity contribution in [2.45, 2.75) is 32.7 Å². The summed E-state index contributed by atoms with van der Waals surface area (Å²) in [5.41, 5.74) is 1.07. The number of carbonyl (C=O) groups excluding carboxylic acids is 1. The number of hydrogen-bond acceptors (Lipinski definition) is 1. The van der Waals surface area contributed by atoms with Gasteiger partial charge in [0, 0.05) is 5.56 Å². The lowest BCUT2D eigenvalue weighted by Gasteiger charge is -2.13. The molecule has 17 heavy (non-hydrogen) atoms. The highest BCUT2D eigenvalue weighted by atomic mass is 19.1. The van der Waals surface area contributed by atoms with Crippen LogP contribution in [0.25, 0.3) is 0 Å². The highest BCUT2D eigenvalue weighted by Gasteiger charge is 2.13. The molecule has 0 aliphatic rings. The zero-order valence-corrected chi connectivity index (χ0v) is 10.1. The number of amides is 1. The largest absolute Gasteiger partial charge is 0.338 e. The van der Waals surface area contributed by atoms with E-state index in [2.05, 4.69) is 11.2 Å². The number of carbonyl (C=O) groups is 1. The molecule has 1 rings (SSSR count). The highest BCUT2D eigenvalue weighted by molar-refractivity contribution is 5.95. The molecular formula is C14H16FNO. The van der Waals surface area contributed by atoms with E-state index in [9.17, 15) is 9.18 Å². The minimum Gasteiger partial charge on any atom is -0.338 e. The molecule has 0 spiro atoms. The van der Waals surface area contributed by atoms with Crippen LogP contribution in [0.1, 0.15) is 35.7 Å². The predicted octanol–water partition coefficient (Wildman–Crippen LogP) is 2.67. The summed E-state index contributed by atoms with van der Waals surface area (Å²) in [7, 11) is 0. The second kappa shape index (κ2) is 6.05. The Morgan fingerprint density at radius 1 is 1.59 bits per heavy atom. The highest BCUT2D eigenvalue weighted by Crippen LogP contribution is 2.10. The Balaban J connectivity index is 2.79. The number of hydrogen-bond donors (Lipinski definition) is 1. The molecule has 1 amide bonds. The standard InChI is InChI=1S/C14H16FNO/c1-4-6-12(5-2)16-14(17)13-8-7-11(15)9-10(13)3/h2,7-9,12H,4,6H2,1,3H3,(H,16,17). The first-order chi connectivity index (χ1) is 8.08. The Kier molecular flexibility index (Phi) is 4.71. The van der Waals surface area contributed by atoms with Gasteiger partial charge in [0.25, 0.3) is 5.91 Å². The van der Waals surface area contributed by atoms with Crippen molar-refractivity contribution in [2.24, 2.45) is 0 Å². The molecule has 0 aromatic heterocycles. The molecule has 0 saturated carbocycles. The number of nitrogens with one attached hydrogen (secondary N) is 1. The summed E-state index contributed by atoms with van der Waals surface area (Å²) in [5.74, 6) is 1.93. The third-order valence-corrected chi connectivity index (χ3v) is 2.52. The molecule has 0 heterocycles. The summed E-state index contributed by atoms with van der Waals surface area (Å²) in [5, 5.41) is 2.75. The average Bonchev–Trinajstić information content (AvgIpc) is 2.28. The third kappa shape index (κ3) is 3.60. The molecule has 1 unspecified atom stereocenters. The third-order valence-electron chi connectivity index (χ3n) is 2.52. The lowest BCUT2D eigenvalue weighted by atomic mass is 10.1. The van der Waals surface area contributed by atoms with Gasteiger partial charge < -0.3 is 5.32 Å². The van der Waals surface area contributed by atoms with E-state index in [-0.39, 0.29) is 17.8 Å². The zero-order chi connectivity index (χ0) is 12.8. The molecule has 0 saturated heterocycles. The first-order valence-electron chi connectivity index (χ1n) is 5.61. The molecule has 1 atom stereocenters. The molecule has 0 radical (unpaired) electrons. The Labute approximate surface area is 101 Å². The van der Waals surface area contributed by atoms with E-state index < -0.39 is 0 Å². The number of benzene rings is 1. The van der Waals surface area contributed by atoms with Crippen molar-refractivity contribution in [2.75, 3.05) is 0 Å². The summed E-state index contributed by atoms with van der Waals surface area (Å²) in [6.07, 6.45) is 6.96. The molecule has 0 bridgehead atoms. The normalized spacial score (nSPS) is 11.6. The molecule has 0 fully saturated rings. The van der Waals surface area contributed by atoms with Crippen molar-refractivity contribution >= 4 is 5.91 Å². The van der Waals surface area contributed by atoms with Gasteiger partial charge in [0.05, 0.1) is 6.04 Å². The van der Waals surface area contributed by atoms with Crippen LogP contribution in [0.4, 0.5) is 4.39 Å². The van der Waals surface area contributed by atoms with Crippen molar-refractivity contribution in [3.05, 3.63) is 35.1 Å². The molecule has 1 aromatic rings. The van der Waals surface area contributed by atoms with Crippen molar-refractivity contribution in [1.82, 2.24) is 5.32 Å². The van der Waals surface area contributed by atoms with Crippen LogP contribution in [0.15, 0.2) is 18.2 Å². The minimum absolute atomic E-state index is 0.251. The first kappa shape index (κ1) is 13.2. The fourth-order valence-electron chi connectivity index (χ4n) is 1.60. The monoisotopic (exact) mass is 233 g/mol. The molecule has 1 N–H and O–H groups in total.